The number of nitrogens with one attached hydrogen (secondary N) is 1. The molecule has 3 aromatic heterocycles. The van der Waals surface area contributed by atoms with Gasteiger partial charge in [0.2, 0.25) is 5.82 Å². The van der Waals surface area contributed by atoms with Gasteiger partial charge in [-0.3, -0.25) is 9.51 Å². The number of pyridine rings is 1. The molecule has 5 aromatic rings. The number of aromatic amines is 1. The van der Waals surface area contributed by atoms with Crippen LogP contribution in [-0.2, 0) is 6.54 Å². The molecule has 0 aliphatic rings. The van der Waals surface area contributed by atoms with Gasteiger partial charge in [0.1, 0.15) is 11.4 Å². The summed E-state index contributed by atoms with van der Waals surface area (Å²) in [6, 6.07) is 21.6. The second kappa shape index (κ2) is 7.77. The van der Waals surface area contributed by atoms with Gasteiger partial charge in [0.25, 0.3) is 0 Å². The summed E-state index contributed by atoms with van der Waals surface area (Å²) < 4.78 is 12.2. The molecule has 0 bridgehead atoms. The minimum atomic E-state index is -0.617. The third kappa shape index (κ3) is 3.60. The van der Waals surface area contributed by atoms with Crippen LogP contribution in [0.15, 0.2) is 76.0 Å². The molecule has 0 fully saturated rings. The second-order valence-corrected chi connectivity index (χ2v) is 7.39. The number of methoxy groups -OCH3 is 1. The van der Waals surface area contributed by atoms with Gasteiger partial charge in [-0.05, 0) is 35.9 Å². The van der Waals surface area contributed by atoms with Crippen LogP contribution in [0.2, 0.25) is 5.02 Å². The number of H-pyrrole nitrogens is 1. The number of benzene rings is 2. The standard InChI is InChI=1S/C23H17ClN4O3/c1-30-21-11-15-10-19(14-6-3-2-4-7-14)28(20(15)12-17(21)24)13-16-8-5-9-18(25-16)22-26-23(29)31-27-22/h2-12H,13H2,1H3,(H,26,27,29). The fourth-order valence-electron chi connectivity index (χ4n) is 3.64. The van der Waals surface area contributed by atoms with Gasteiger partial charge in [-0.25, -0.2) is 9.78 Å². The van der Waals surface area contributed by atoms with Gasteiger partial charge < -0.3 is 9.30 Å². The summed E-state index contributed by atoms with van der Waals surface area (Å²) in [5.74, 6) is 0.301. The zero-order valence-electron chi connectivity index (χ0n) is 16.5. The van der Waals surface area contributed by atoms with Crippen LogP contribution in [0.3, 0.4) is 0 Å². The molecule has 5 rings (SSSR count). The van der Waals surface area contributed by atoms with E-state index in [-0.39, 0.29) is 0 Å². The first-order chi connectivity index (χ1) is 15.1. The molecule has 154 valence electrons. The Hall–Kier alpha value is -3.84. The molecule has 0 aliphatic heterocycles. The van der Waals surface area contributed by atoms with Crippen LogP contribution >= 0.6 is 11.6 Å². The number of ether oxygens (including phenoxy) is 1. The number of halogens is 1. The van der Waals surface area contributed by atoms with E-state index in [2.05, 4.69) is 42.4 Å². The van der Waals surface area contributed by atoms with Gasteiger partial charge in [-0.1, -0.05) is 53.2 Å². The molecule has 0 atom stereocenters. The number of rotatable bonds is 5. The fourth-order valence-corrected chi connectivity index (χ4v) is 3.87. The molecule has 3 heterocycles. The summed E-state index contributed by atoms with van der Waals surface area (Å²) in [4.78, 5) is 18.5. The molecule has 8 heteroatoms. The van der Waals surface area contributed by atoms with Crippen molar-refractivity contribution in [1.82, 2.24) is 19.7 Å². The van der Waals surface area contributed by atoms with E-state index in [4.69, 9.17) is 16.3 Å². The highest BCUT2D eigenvalue weighted by Gasteiger charge is 2.15. The van der Waals surface area contributed by atoms with Crippen molar-refractivity contribution in [3.05, 3.63) is 88.0 Å². The summed E-state index contributed by atoms with van der Waals surface area (Å²) in [7, 11) is 1.60. The zero-order chi connectivity index (χ0) is 21.4. The van der Waals surface area contributed by atoms with Crippen molar-refractivity contribution in [2.24, 2.45) is 0 Å². The predicted octanol–water partition coefficient (Wildman–Crippen LogP) is 4.76. The van der Waals surface area contributed by atoms with E-state index < -0.39 is 5.76 Å². The van der Waals surface area contributed by atoms with E-state index in [1.807, 2.05) is 42.5 Å². The van der Waals surface area contributed by atoms with Crippen LogP contribution in [0, 0.1) is 0 Å². The Morgan fingerprint density at radius 1 is 1.10 bits per heavy atom. The third-order valence-electron chi connectivity index (χ3n) is 5.05. The topological polar surface area (TPSA) is 85.9 Å². The van der Waals surface area contributed by atoms with Crippen LogP contribution in [0.4, 0.5) is 0 Å². The lowest BCUT2D eigenvalue weighted by atomic mass is 10.1. The first-order valence-electron chi connectivity index (χ1n) is 9.57. The second-order valence-electron chi connectivity index (χ2n) is 6.99. The molecular formula is C23H17ClN4O3. The largest absolute Gasteiger partial charge is 0.495 e. The molecule has 1 N–H and O–H groups in total. The van der Waals surface area contributed by atoms with Crippen LogP contribution in [0.25, 0.3) is 33.7 Å². The van der Waals surface area contributed by atoms with E-state index in [9.17, 15) is 4.79 Å². The number of hydrogen-bond donors (Lipinski definition) is 1. The first kappa shape index (κ1) is 19.1. The van der Waals surface area contributed by atoms with Crippen molar-refractivity contribution in [3.63, 3.8) is 0 Å². The van der Waals surface area contributed by atoms with E-state index in [1.165, 1.54) is 0 Å². The minimum absolute atomic E-state index is 0.292. The van der Waals surface area contributed by atoms with Gasteiger partial charge in [-0.2, -0.15) is 0 Å². The van der Waals surface area contributed by atoms with Crippen molar-refractivity contribution in [2.45, 2.75) is 6.54 Å². The van der Waals surface area contributed by atoms with E-state index in [1.54, 1.807) is 13.2 Å². The maximum absolute atomic E-state index is 11.3. The maximum Gasteiger partial charge on any atom is 0.439 e. The highest BCUT2D eigenvalue weighted by atomic mass is 35.5. The Bertz CT molecular complexity index is 1440. The predicted molar refractivity (Wildman–Crippen MR) is 118 cm³/mol. The Kier molecular flexibility index (Phi) is 4.80. The van der Waals surface area contributed by atoms with Gasteiger partial charge in [0.15, 0.2) is 0 Å². The molecule has 2 aromatic carbocycles. The molecule has 0 aliphatic carbocycles. The molecule has 0 saturated heterocycles. The first-order valence-corrected chi connectivity index (χ1v) is 9.94. The average Bonchev–Trinajstić information content (AvgIpc) is 3.38. The molecule has 0 saturated carbocycles. The maximum atomic E-state index is 11.3. The monoisotopic (exact) mass is 432 g/mol. The summed E-state index contributed by atoms with van der Waals surface area (Å²) in [5.41, 5.74) is 4.39. The average molecular weight is 433 g/mol. The molecule has 0 spiro atoms. The van der Waals surface area contributed by atoms with Crippen molar-refractivity contribution >= 4 is 22.5 Å². The highest BCUT2D eigenvalue weighted by molar-refractivity contribution is 6.32. The lowest BCUT2D eigenvalue weighted by molar-refractivity contribution is 0.387. The Morgan fingerprint density at radius 3 is 2.68 bits per heavy atom. The third-order valence-corrected chi connectivity index (χ3v) is 5.35. The van der Waals surface area contributed by atoms with Crippen molar-refractivity contribution in [2.75, 3.05) is 7.11 Å². The van der Waals surface area contributed by atoms with Crippen LogP contribution in [0.5, 0.6) is 5.75 Å². The zero-order valence-corrected chi connectivity index (χ0v) is 17.3. The lowest BCUT2D eigenvalue weighted by Gasteiger charge is -2.12. The Labute approximate surface area is 181 Å². The van der Waals surface area contributed by atoms with E-state index >= 15 is 0 Å². The van der Waals surface area contributed by atoms with E-state index in [0.29, 0.717) is 28.8 Å². The van der Waals surface area contributed by atoms with Gasteiger partial charge in [0, 0.05) is 11.1 Å². The summed E-state index contributed by atoms with van der Waals surface area (Å²) in [5, 5.41) is 5.28. The number of hydrogen-bond acceptors (Lipinski definition) is 5. The Morgan fingerprint density at radius 2 is 1.94 bits per heavy atom. The van der Waals surface area contributed by atoms with Crippen molar-refractivity contribution in [3.8, 4) is 28.5 Å². The molecule has 7 nitrogen and oxygen atoms in total. The van der Waals surface area contributed by atoms with Crippen molar-refractivity contribution < 1.29 is 9.26 Å². The van der Waals surface area contributed by atoms with E-state index in [0.717, 1.165) is 27.9 Å². The van der Waals surface area contributed by atoms with Gasteiger partial charge in [-0.15, -0.1) is 0 Å². The van der Waals surface area contributed by atoms with Crippen LogP contribution in [-0.4, -0.2) is 26.8 Å². The molecule has 0 amide bonds. The summed E-state index contributed by atoms with van der Waals surface area (Å²) >= 11 is 6.43. The molecular weight excluding hydrogens is 416 g/mol. The number of fused-ring (bicyclic) bond motifs is 1. The lowest BCUT2D eigenvalue weighted by Crippen LogP contribution is -2.04. The molecule has 0 radical (unpaired) electrons. The SMILES string of the molecule is COc1cc2cc(-c3ccccc3)n(Cc3cccc(-c4noc(=O)[nH]4)n3)c2cc1Cl. The van der Waals surface area contributed by atoms with Crippen LogP contribution in [0.1, 0.15) is 5.69 Å². The Balaban J connectivity index is 1.65. The molecule has 31 heavy (non-hydrogen) atoms. The minimum Gasteiger partial charge on any atom is -0.495 e. The van der Waals surface area contributed by atoms with Crippen molar-refractivity contribution in [1.29, 1.82) is 0 Å². The summed E-state index contributed by atoms with van der Waals surface area (Å²) in [6.07, 6.45) is 0. The smallest absolute Gasteiger partial charge is 0.439 e. The number of nitrogens with zero attached hydrogens (tertiary/aromatic N) is 3. The van der Waals surface area contributed by atoms with Crippen LogP contribution < -0.4 is 10.5 Å². The normalized spacial score (nSPS) is 11.2. The quantitative estimate of drug-likeness (QED) is 0.433. The highest BCUT2D eigenvalue weighted by Crippen LogP contribution is 2.35. The number of aromatic nitrogens is 4. The molecule has 0 unspecified atom stereocenters. The van der Waals surface area contributed by atoms with Gasteiger partial charge in [0.05, 0.1) is 29.9 Å². The summed E-state index contributed by atoms with van der Waals surface area (Å²) in [6.45, 7) is 0.492. The van der Waals surface area contributed by atoms with Gasteiger partial charge >= 0.3 is 5.76 Å². The fraction of sp³-hybridized carbons (Fsp3) is 0.0870.